The van der Waals surface area contributed by atoms with Gasteiger partial charge in [0.2, 0.25) is 0 Å². The Hall–Kier alpha value is -1.74. The largest absolute Gasteiger partial charge is 0.496 e. The van der Waals surface area contributed by atoms with Crippen LogP contribution in [0.1, 0.15) is 58.1 Å². The Bertz CT molecular complexity index is 664. The topological polar surface area (TPSA) is 27.7 Å². The molecule has 0 saturated heterocycles. The highest BCUT2D eigenvalue weighted by atomic mass is 16.5. The normalized spacial score (nSPS) is 12.6. The number of fused-ring (bicyclic) bond motifs is 1. The lowest BCUT2D eigenvalue weighted by Crippen LogP contribution is -2.08. The van der Waals surface area contributed by atoms with Crippen molar-refractivity contribution in [3.05, 3.63) is 35.9 Å². The van der Waals surface area contributed by atoms with Crippen molar-refractivity contribution in [2.45, 2.75) is 52.6 Å². The Morgan fingerprint density at radius 2 is 1.56 bits per heavy atom. The SMILES string of the molecule is CCCCC(OCCC(C)C)c1ccc2c(OC)ccc(OC)c2c1. The fraction of sp³-hybridized carbons (Fsp3) is 0.545. The zero-order valence-corrected chi connectivity index (χ0v) is 16.3. The third-order valence-corrected chi connectivity index (χ3v) is 4.61. The van der Waals surface area contributed by atoms with E-state index < -0.39 is 0 Å². The predicted molar refractivity (Wildman–Crippen MR) is 105 cm³/mol. The van der Waals surface area contributed by atoms with E-state index in [-0.39, 0.29) is 6.10 Å². The quantitative estimate of drug-likeness (QED) is 0.517. The molecule has 0 aliphatic rings. The van der Waals surface area contributed by atoms with Gasteiger partial charge in [-0.2, -0.15) is 0 Å². The number of hydrogen-bond donors (Lipinski definition) is 0. The first-order valence-corrected chi connectivity index (χ1v) is 9.36. The number of benzene rings is 2. The summed E-state index contributed by atoms with van der Waals surface area (Å²) < 4.78 is 17.3. The average Bonchev–Trinajstić information content (AvgIpc) is 2.62. The van der Waals surface area contributed by atoms with Gasteiger partial charge in [0.1, 0.15) is 11.5 Å². The molecule has 2 aromatic carbocycles. The third kappa shape index (κ3) is 5.12. The van der Waals surface area contributed by atoms with Gasteiger partial charge in [0.15, 0.2) is 0 Å². The second-order valence-electron chi connectivity index (χ2n) is 6.96. The summed E-state index contributed by atoms with van der Waals surface area (Å²) in [4.78, 5) is 0. The Morgan fingerprint density at radius 1 is 0.880 bits per heavy atom. The van der Waals surface area contributed by atoms with E-state index in [2.05, 4.69) is 39.0 Å². The van der Waals surface area contributed by atoms with Gasteiger partial charge in [-0.05, 0) is 42.5 Å². The lowest BCUT2D eigenvalue weighted by atomic mass is 9.99. The van der Waals surface area contributed by atoms with Crippen molar-refractivity contribution in [3.63, 3.8) is 0 Å². The maximum atomic E-state index is 6.25. The Labute approximate surface area is 152 Å². The summed E-state index contributed by atoms with van der Waals surface area (Å²) in [6, 6.07) is 10.4. The van der Waals surface area contributed by atoms with Gasteiger partial charge in [0.05, 0.1) is 20.3 Å². The summed E-state index contributed by atoms with van der Waals surface area (Å²) in [7, 11) is 3.41. The molecule has 1 unspecified atom stereocenters. The number of rotatable bonds is 10. The van der Waals surface area contributed by atoms with Crippen LogP contribution in [0.15, 0.2) is 30.3 Å². The van der Waals surface area contributed by atoms with Crippen LogP contribution in [0.4, 0.5) is 0 Å². The van der Waals surface area contributed by atoms with Crippen LogP contribution in [0.25, 0.3) is 10.8 Å². The van der Waals surface area contributed by atoms with Crippen LogP contribution in [0.5, 0.6) is 11.5 Å². The minimum Gasteiger partial charge on any atom is -0.496 e. The lowest BCUT2D eigenvalue weighted by Gasteiger charge is -2.20. The highest BCUT2D eigenvalue weighted by molar-refractivity contribution is 5.93. The van der Waals surface area contributed by atoms with E-state index in [1.54, 1.807) is 14.2 Å². The number of unbranched alkanes of at least 4 members (excludes halogenated alkanes) is 1. The summed E-state index contributed by atoms with van der Waals surface area (Å²) in [6.45, 7) is 7.49. The van der Waals surface area contributed by atoms with Crippen molar-refractivity contribution < 1.29 is 14.2 Å². The minimum atomic E-state index is 0.138. The first-order valence-electron chi connectivity index (χ1n) is 9.36. The van der Waals surface area contributed by atoms with E-state index in [0.29, 0.717) is 5.92 Å². The Morgan fingerprint density at radius 3 is 2.16 bits per heavy atom. The summed E-state index contributed by atoms with van der Waals surface area (Å²) in [6.07, 6.45) is 4.62. The van der Waals surface area contributed by atoms with Crippen LogP contribution < -0.4 is 9.47 Å². The first kappa shape index (κ1) is 19.6. The van der Waals surface area contributed by atoms with E-state index in [1.807, 2.05) is 12.1 Å². The van der Waals surface area contributed by atoms with Crippen molar-refractivity contribution in [3.8, 4) is 11.5 Å². The highest BCUT2D eigenvalue weighted by Gasteiger charge is 2.15. The monoisotopic (exact) mass is 344 g/mol. The maximum Gasteiger partial charge on any atom is 0.126 e. The molecule has 0 bridgehead atoms. The molecule has 0 N–H and O–H groups in total. The summed E-state index contributed by atoms with van der Waals surface area (Å²) in [5.41, 5.74) is 1.22. The van der Waals surface area contributed by atoms with Crippen LogP contribution >= 0.6 is 0 Å². The smallest absolute Gasteiger partial charge is 0.126 e. The first-order chi connectivity index (χ1) is 12.1. The van der Waals surface area contributed by atoms with E-state index in [4.69, 9.17) is 14.2 Å². The second-order valence-corrected chi connectivity index (χ2v) is 6.96. The molecule has 3 heteroatoms. The molecule has 0 radical (unpaired) electrons. The molecular formula is C22H32O3. The van der Waals surface area contributed by atoms with Gasteiger partial charge in [-0.1, -0.05) is 45.7 Å². The lowest BCUT2D eigenvalue weighted by molar-refractivity contribution is 0.0387. The molecule has 138 valence electrons. The maximum absolute atomic E-state index is 6.25. The van der Waals surface area contributed by atoms with Crippen molar-refractivity contribution in [2.24, 2.45) is 5.92 Å². The molecular weight excluding hydrogens is 312 g/mol. The average molecular weight is 344 g/mol. The molecule has 0 saturated carbocycles. The highest BCUT2D eigenvalue weighted by Crippen LogP contribution is 2.36. The number of ether oxygens (including phenoxy) is 3. The molecule has 0 amide bonds. The molecule has 0 fully saturated rings. The van der Waals surface area contributed by atoms with Gasteiger partial charge in [0.25, 0.3) is 0 Å². The summed E-state index contributed by atoms with van der Waals surface area (Å²) in [5, 5.41) is 2.15. The molecule has 25 heavy (non-hydrogen) atoms. The van der Waals surface area contributed by atoms with Crippen LogP contribution in [0.3, 0.4) is 0 Å². The summed E-state index contributed by atoms with van der Waals surface area (Å²) in [5.74, 6) is 2.40. The van der Waals surface area contributed by atoms with Crippen molar-refractivity contribution in [1.29, 1.82) is 0 Å². The van der Waals surface area contributed by atoms with Crippen LogP contribution in [-0.2, 0) is 4.74 Å². The molecule has 0 aromatic heterocycles. The standard InChI is InChI=1S/C22H32O3/c1-6-7-8-20(25-14-13-16(2)3)17-9-10-18-19(15-17)22(24-5)12-11-21(18)23-4/h9-12,15-16,20H,6-8,13-14H2,1-5H3. The zero-order valence-electron chi connectivity index (χ0n) is 16.3. The van der Waals surface area contributed by atoms with E-state index in [9.17, 15) is 0 Å². The molecule has 0 aliphatic heterocycles. The minimum absolute atomic E-state index is 0.138. The van der Waals surface area contributed by atoms with Gasteiger partial charge >= 0.3 is 0 Å². The second kappa shape index (κ2) is 9.67. The molecule has 2 aromatic rings. The van der Waals surface area contributed by atoms with Gasteiger partial charge in [0, 0.05) is 17.4 Å². The molecule has 0 spiro atoms. The molecule has 0 aliphatic carbocycles. The van der Waals surface area contributed by atoms with Gasteiger partial charge in [-0.15, -0.1) is 0 Å². The number of hydrogen-bond acceptors (Lipinski definition) is 3. The fourth-order valence-electron chi connectivity index (χ4n) is 3.05. The molecule has 3 nitrogen and oxygen atoms in total. The van der Waals surface area contributed by atoms with Crippen LogP contribution in [0, 0.1) is 5.92 Å². The molecule has 1 atom stereocenters. The van der Waals surface area contributed by atoms with Gasteiger partial charge < -0.3 is 14.2 Å². The van der Waals surface area contributed by atoms with Crippen LogP contribution in [-0.4, -0.2) is 20.8 Å². The Balaban J connectivity index is 2.34. The molecule has 0 heterocycles. The van der Waals surface area contributed by atoms with E-state index in [0.717, 1.165) is 41.7 Å². The Kier molecular flexibility index (Phi) is 7.57. The van der Waals surface area contributed by atoms with Crippen molar-refractivity contribution >= 4 is 10.8 Å². The summed E-state index contributed by atoms with van der Waals surface area (Å²) >= 11 is 0. The van der Waals surface area contributed by atoms with Crippen molar-refractivity contribution in [1.82, 2.24) is 0 Å². The predicted octanol–water partition coefficient (Wildman–Crippen LogP) is 6.15. The van der Waals surface area contributed by atoms with E-state index >= 15 is 0 Å². The van der Waals surface area contributed by atoms with Gasteiger partial charge in [-0.3, -0.25) is 0 Å². The zero-order chi connectivity index (χ0) is 18.2. The third-order valence-electron chi connectivity index (χ3n) is 4.61. The van der Waals surface area contributed by atoms with E-state index in [1.165, 1.54) is 18.4 Å². The van der Waals surface area contributed by atoms with Gasteiger partial charge in [-0.25, -0.2) is 0 Å². The molecule has 2 rings (SSSR count). The van der Waals surface area contributed by atoms with Crippen LogP contribution in [0.2, 0.25) is 0 Å². The van der Waals surface area contributed by atoms with Crippen molar-refractivity contribution in [2.75, 3.05) is 20.8 Å². The number of methoxy groups -OCH3 is 2. The fourth-order valence-corrected chi connectivity index (χ4v) is 3.05.